The molecule has 5 nitrogen and oxygen atoms in total. The van der Waals surface area contributed by atoms with Crippen LogP contribution in [0.5, 0.6) is 11.5 Å². The number of fused-ring (bicyclic) bond motifs is 3. The average Bonchev–Trinajstić information content (AvgIpc) is 3.69. The maximum Gasteiger partial charge on any atom is 0.267 e. The van der Waals surface area contributed by atoms with Crippen molar-refractivity contribution in [3.8, 4) is 28.7 Å². The number of rotatable bonds is 5. The van der Waals surface area contributed by atoms with Crippen LogP contribution in [-0.2, 0) is 26.5 Å². The number of nitrogens with zero attached hydrogens (tertiary/aromatic N) is 4. The van der Waals surface area contributed by atoms with Crippen molar-refractivity contribution in [2.75, 3.05) is 0 Å². The zero-order valence-electron chi connectivity index (χ0n) is 31.5. The van der Waals surface area contributed by atoms with Crippen molar-refractivity contribution in [2.24, 2.45) is 0 Å². The number of hydrogen-bond acceptors (Lipinski definition) is 2. The van der Waals surface area contributed by atoms with Crippen molar-refractivity contribution < 1.29 is 34.5 Å². The van der Waals surface area contributed by atoms with Crippen LogP contribution >= 0.6 is 0 Å². The molecule has 0 aliphatic rings. The predicted molar refractivity (Wildman–Crippen MR) is 190 cm³/mol. The van der Waals surface area contributed by atoms with Gasteiger partial charge in [-0.1, -0.05) is 44.5 Å². The van der Waals surface area contributed by atoms with Gasteiger partial charge in [-0.3, -0.25) is 4.57 Å². The quantitative estimate of drug-likeness (QED) is 0.128. The number of hydrogen-bond donors (Lipinski definition) is 0. The van der Waals surface area contributed by atoms with Crippen molar-refractivity contribution >= 4 is 21.8 Å². The summed E-state index contributed by atoms with van der Waals surface area (Å²) in [5.41, 5.74) is 11.1. The molecule has 4 aromatic carbocycles. The van der Waals surface area contributed by atoms with E-state index in [0.29, 0.717) is 17.3 Å². The molecule has 0 spiro atoms. The van der Waals surface area contributed by atoms with E-state index >= 15 is 0 Å². The van der Waals surface area contributed by atoms with Crippen molar-refractivity contribution in [1.82, 2.24) is 14.1 Å². The van der Waals surface area contributed by atoms with Gasteiger partial charge in [0.2, 0.25) is 0 Å². The first-order chi connectivity index (χ1) is 23.6. The molecular formula is C42H40N4OPt-2. The van der Waals surface area contributed by atoms with Crippen LogP contribution in [0.15, 0.2) is 79.3 Å². The second kappa shape index (κ2) is 12.5. The summed E-state index contributed by atoms with van der Waals surface area (Å²) in [5.74, 6) is 1.56. The van der Waals surface area contributed by atoms with E-state index in [2.05, 4.69) is 89.5 Å². The van der Waals surface area contributed by atoms with E-state index in [0.717, 1.165) is 38.7 Å². The fourth-order valence-corrected chi connectivity index (χ4v) is 6.39. The summed E-state index contributed by atoms with van der Waals surface area (Å²) in [7, 11) is 0. The van der Waals surface area contributed by atoms with Crippen LogP contribution in [0.2, 0.25) is 0 Å². The number of ether oxygens (including phenoxy) is 1. The predicted octanol–water partition coefficient (Wildman–Crippen LogP) is 9.58. The Morgan fingerprint density at radius 3 is 2.27 bits per heavy atom. The van der Waals surface area contributed by atoms with E-state index in [4.69, 9.17) is 8.85 Å². The van der Waals surface area contributed by atoms with E-state index in [-0.39, 0.29) is 32.0 Å². The molecule has 0 saturated heterocycles. The summed E-state index contributed by atoms with van der Waals surface area (Å²) in [6.45, 7) is 15.2. The molecule has 0 radical (unpaired) electrons. The van der Waals surface area contributed by atoms with Gasteiger partial charge in [-0.05, 0) is 110 Å². The number of pyridine rings is 1. The molecule has 246 valence electrons. The Kier molecular flexibility index (Phi) is 7.74. The summed E-state index contributed by atoms with van der Waals surface area (Å²) in [6.07, 6.45) is 9.12. The van der Waals surface area contributed by atoms with Gasteiger partial charge in [0.15, 0.2) is 0 Å². The fraction of sp³-hybridized carbons (Fsp3) is 0.238. The zero-order chi connectivity index (χ0) is 35.7. The SMILES string of the molecule is [2H]C([2H])([2H])c1ccnc(-n2c3[c-]c(Oc4[c-]c(-n5[c-][n+](-c6c(C)c(C)c(C)c(C)c6C)cc5)cc(C(C)(C)C)c4)ccc3c3ccccc32)c1.[Pt]. The summed E-state index contributed by atoms with van der Waals surface area (Å²) < 4.78 is 36.4. The van der Waals surface area contributed by atoms with Gasteiger partial charge >= 0.3 is 0 Å². The Hall–Kier alpha value is -4.47. The third-order valence-electron chi connectivity index (χ3n) is 9.49. The first-order valence-electron chi connectivity index (χ1n) is 17.4. The average molecular weight is 815 g/mol. The van der Waals surface area contributed by atoms with E-state index in [1.54, 1.807) is 6.07 Å². The second-order valence-corrected chi connectivity index (χ2v) is 13.4. The van der Waals surface area contributed by atoms with Crippen molar-refractivity contribution in [1.29, 1.82) is 0 Å². The molecule has 0 amide bonds. The minimum Gasteiger partial charge on any atom is -0.510 e. The van der Waals surface area contributed by atoms with Crippen LogP contribution in [0.3, 0.4) is 0 Å². The topological polar surface area (TPSA) is 35.9 Å². The van der Waals surface area contributed by atoms with Crippen LogP contribution in [0.1, 0.15) is 63.8 Å². The van der Waals surface area contributed by atoms with E-state index in [1.807, 2.05) is 64.0 Å². The third-order valence-corrected chi connectivity index (χ3v) is 9.49. The van der Waals surface area contributed by atoms with Crippen LogP contribution < -0.4 is 9.30 Å². The smallest absolute Gasteiger partial charge is 0.267 e. The first-order valence-corrected chi connectivity index (χ1v) is 15.9. The van der Waals surface area contributed by atoms with Crippen molar-refractivity contribution in [2.45, 2.75) is 67.7 Å². The Morgan fingerprint density at radius 1 is 0.812 bits per heavy atom. The van der Waals surface area contributed by atoms with Gasteiger partial charge in [-0.15, -0.1) is 29.7 Å². The van der Waals surface area contributed by atoms with Gasteiger partial charge in [-0.25, -0.2) is 4.98 Å². The van der Waals surface area contributed by atoms with Crippen molar-refractivity contribution in [3.05, 3.63) is 137 Å². The number of aromatic nitrogens is 4. The van der Waals surface area contributed by atoms with Gasteiger partial charge < -0.3 is 13.9 Å². The molecular weight excluding hydrogens is 772 g/mol. The summed E-state index contributed by atoms with van der Waals surface area (Å²) in [5, 5.41) is 1.97. The van der Waals surface area contributed by atoms with Gasteiger partial charge in [-0.2, -0.15) is 17.7 Å². The molecule has 0 saturated carbocycles. The molecule has 6 heteroatoms. The van der Waals surface area contributed by atoms with E-state index in [9.17, 15) is 0 Å². The number of benzene rings is 4. The largest absolute Gasteiger partial charge is 0.510 e. The maximum atomic E-state index is 7.97. The molecule has 0 unspecified atom stereocenters. The molecule has 7 aromatic rings. The fourth-order valence-electron chi connectivity index (χ4n) is 6.39. The molecule has 7 rings (SSSR count). The van der Waals surface area contributed by atoms with Crippen LogP contribution in [0, 0.1) is 59.9 Å². The second-order valence-electron chi connectivity index (χ2n) is 13.4. The van der Waals surface area contributed by atoms with Gasteiger partial charge in [0.05, 0.1) is 5.69 Å². The molecule has 48 heavy (non-hydrogen) atoms. The standard InChI is InChI=1S/C42H40N4O.Pt/c1-26-16-17-43-40(20-26)46-38-13-11-10-12-36(38)37-15-14-34(24-39(37)46)47-35-22-32(42(7,8)9)21-33(23-35)44-18-19-45(25-44)41-30(5)28(3)27(2)29(4)31(41)6;/h10-22H,1-9H3;/q-2;/i1D3;. The molecule has 0 aliphatic heterocycles. The Bertz CT molecular complexity index is 2420. The summed E-state index contributed by atoms with van der Waals surface area (Å²) in [6, 6.07) is 26.2. The van der Waals surface area contributed by atoms with Crippen LogP contribution in [0.4, 0.5) is 0 Å². The molecule has 3 heterocycles. The van der Waals surface area contributed by atoms with Gasteiger partial charge in [0, 0.05) is 60.8 Å². The van der Waals surface area contributed by atoms with E-state index < -0.39 is 6.85 Å². The molecule has 0 atom stereocenters. The monoisotopic (exact) mass is 814 g/mol. The summed E-state index contributed by atoms with van der Waals surface area (Å²) >= 11 is 0. The number of para-hydroxylation sites is 1. The van der Waals surface area contributed by atoms with Gasteiger partial charge in [0.1, 0.15) is 5.82 Å². The van der Waals surface area contributed by atoms with E-state index in [1.165, 1.54) is 40.1 Å². The molecule has 0 bridgehead atoms. The van der Waals surface area contributed by atoms with Crippen LogP contribution in [0.25, 0.3) is 39.0 Å². The first kappa shape index (κ1) is 29.7. The number of aryl methyl sites for hydroxylation is 1. The molecule has 0 aliphatic carbocycles. The third kappa shape index (κ3) is 5.79. The zero-order valence-corrected chi connectivity index (χ0v) is 30.8. The number of imidazole rings is 1. The van der Waals surface area contributed by atoms with Gasteiger partial charge in [0.25, 0.3) is 6.33 Å². The Morgan fingerprint density at radius 2 is 1.54 bits per heavy atom. The molecule has 0 N–H and O–H groups in total. The van der Waals surface area contributed by atoms with Crippen LogP contribution in [-0.4, -0.2) is 14.1 Å². The Balaban J connectivity index is 0.00000448. The minimum atomic E-state index is -2.26. The molecule has 0 fully saturated rings. The normalized spacial score (nSPS) is 12.9. The summed E-state index contributed by atoms with van der Waals surface area (Å²) in [4.78, 5) is 4.58. The minimum absolute atomic E-state index is 0. The van der Waals surface area contributed by atoms with Crippen molar-refractivity contribution in [3.63, 3.8) is 0 Å². The maximum absolute atomic E-state index is 7.97. The molecule has 3 aromatic heterocycles. The Labute approximate surface area is 302 Å².